The van der Waals surface area contributed by atoms with Gasteiger partial charge in [-0.25, -0.2) is 0 Å². The van der Waals surface area contributed by atoms with E-state index < -0.39 is 0 Å². The lowest BCUT2D eigenvalue weighted by atomic mass is 10.4. The average molecular weight is 162 g/mol. The first-order valence-electron chi connectivity index (χ1n) is 3.73. The van der Waals surface area contributed by atoms with Crippen molar-refractivity contribution < 1.29 is 9.47 Å². The summed E-state index contributed by atoms with van der Waals surface area (Å²) >= 11 is 2.07. The van der Waals surface area contributed by atoms with Crippen LogP contribution in [-0.4, -0.2) is 31.5 Å². The monoisotopic (exact) mass is 162 g/mol. The van der Waals surface area contributed by atoms with Crippen LogP contribution < -0.4 is 0 Å². The predicted molar refractivity (Wildman–Crippen MR) is 43.3 cm³/mol. The molecule has 3 heteroatoms. The SMILES string of the molecule is C1CCSC1.C1COCO1. The molecule has 60 valence electrons. The quantitative estimate of drug-likeness (QED) is 0.538. The molecule has 0 aliphatic carbocycles. The van der Waals surface area contributed by atoms with Gasteiger partial charge in [0.1, 0.15) is 6.79 Å². The average Bonchev–Trinajstić information content (AvgIpc) is 2.67. The minimum absolute atomic E-state index is 0.500. The Morgan fingerprint density at radius 2 is 1.50 bits per heavy atom. The second-order valence-electron chi connectivity index (χ2n) is 2.25. The van der Waals surface area contributed by atoms with Crippen molar-refractivity contribution in [2.45, 2.75) is 12.8 Å². The maximum absolute atomic E-state index is 4.72. The van der Waals surface area contributed by atoms with E-state index in [2.05, 4.69) is 11.8 Å². The lowest BCUT2D eigenvalue weighted by Gasteiger charge is -1.76. The van der Waals surface area contributed by atoms with Crippen molar-refractivity contribution in [2.75, 3.05) is 31.5 Å². The third kappa shape index (κ3) is 4.14. The first-order valence-corrected chi connectivity index (χ1v) is 4.89. The number of rotatable bonds is 0. The Morgan fingerprint density at radius 1 is 0.900 bits per heavy atom. The van der Waals surface area contributed by atoms with Gasteiger partial charge < -0.3 is 9.47 Å². The van der Waals surface area contributed by atoms with Crippen molar-refractivity contribution >= 4 is 11.8 Å². The van der Waals surface area contributed by atoms with Gasteiger partial charge >= 0.3 is 0 Å². The zero-order valence-corrected chi connectivity index (χ0v) is 6.99. The molecule has 2 aliphatic rings. The topological polar surface area (TPSA) is 18.5 Å². The Balaban J connectivity index is 0.0000001000. The lowest BCUT2D eigenvalue weighted by Crippen LogP contribution is -1.79. The molecule has 0 atom stereocenters. The van der Waals surface area contributed by atoms with Gasteiger partial charge in [-0.1, -0.05) is 0 Å². The summed E-state index contributed by atoms with van der Waals surface area (Å²) < 4.78 is 9.44. The van der Waals surface area contributed by atoms with E-state index in [0.717, 1.165) is 13.2 Å². The van der Waals surface area contributed by atoms with Crippen molar-refractivity contribution in [1.29, 1.82) is 0 Å². The van der Waals surface area contributed by atoms with Gasteiger partial charge in [0.15, 0.2) is 0 Å². The highest BCUT2D eigenvalue weighted by Gasteiger charge is 1.95. The van der Waals surface area contributed by atoms with Crippen LogP contribution in [0.1, 0.15) is 12.8 Å². The van der Waals surface area contributed by atoms with Crippen LogP contribution >= 0.6 is 11.8 Å². The van der Waals surface area contributed by atoms with Crippen LogP contribution in [0.15, 0.2) is 0 Å². The Kier molecular flexibility index (Phi) is 5.03. The van der Waals surface area contributed by atoms with Gasteiger partial charge in [-0.05, 0) is 24.3 Å². The fourth-order valence-electron chi connectivity index (χ4n) is 0.805. The van der Waals surface area contributed by atoms with Gasteiger partial charge in [0.05, 0.1) is 13.2 Å². The first-order chi connectivity index (χ1) is 5.00. The molecule has 2 nitrogen and oxygen atoms in total. The number of ether oxygens (including phenoxy) is 2. The van der Waals surface area contributed by atoms with Crippen LogP contribution in [-0.2, 0) is 9.47 Å². The van der Waals surface area contributed by atoms with Gasteiger partial charge in [-0.15, -0.1) is 0 Å². The van der Waals surface area contributed by atoms with Crippen LogP contribution in [0.2, 0.25) is 0 Å². The summed E-state index contributed by atoms with van der Waals surface area (Å²) in [6.45, 7) is 2.06. The Labute approximate surface area is 66.3 Å². The molecule has 0 aromatic heterocycles. The molecule has 2 fully saturated rings. The van der Waals surface area contributed by atoms with Crippen LogP contribution in [0.3, 0.4) is 0 Å². The third-order valence-electron chi connectivity index (χ3n) is 1.37. The summed E-state index contributed by atoms with van der Waals surface area (Å²) in [7, 11) is 0. The van der Waals surface area contributed by atoms with Crippen LogP contribution in [0.25, 0.3) is 0 Å². The van der Waals surface area contributed by atoms with E-state index in [4.69, 9.17) is 9.47 Å². The molecule has 0 unspecified atom stereocenters. The Morgan fingerprint density at radius 3 is 1.70 bits per heavy atom. The van der Waals surface area contributed by atoms with Crippen LogP contribution in [0.5, 0.6) is 0 Å². The van der Waals surface area contributed by atoms with Gasteiger partial charge in [0, 0.05) is 0 Å². The van der Waals surface area contributed by atoms with Gasteiger partial charge in [0.25, 0.3) is 0 Å². The Bertz CT molecular complexity index is 44.8. The van der Waals surface area contributed by atoms with Crippen LogP contribution in [0.4, 0.5) is 0 Å². The van der Waals surface area contributed by atoms with Crippen molar-refractivity contribution in [3.05, 3.63) is 0 Å². The summed E-state index contributed by atoms with van der Waals surface area (Å²) in [5, 5.41) is 0. The van der Waals surface area contributed by atoms with E-state index >= 15 is 0 Å². The summed E-state index contributed by atoms with van der Waals surface area (Å²) in [6.07, 6.45) is 2.93. The largest absolute Gasteiger partial charge is 0.353 e. The second kappa shape index (κ2) is 6.01. The zero-order chi connectivity index (χ0) is 7.07. The molecular weight excluding hydrogens is 148 g/mol. The summed E-state index contributed by atoms with van der Waals surface area (Å²) in [5.74, 6) is 2.83. The minimum atomic E-state index is 0.500. The smallest absolute Gasteiger partial charge is 0.146 e. The van der Waals surface area contributed by atoms with E-state index in [0.29, 0.717) is 6.79 Å². The molecule has 0 N–H and O–H groups in total. The molecular formula is C7H14O2S. The third-order valence-corrected chi connectivity index (χ3v) is 2.52. The molecule has 0 spiro atoms. The highest BCUT2D eigenvalue weighted by Crippen LogP contribution is 2.14. The standard InChI is InChI=1S/C4H8S.C3H6O2/c1-2-4-5-3-1;1-2-5-3-4-1/h1-4H2;1-3H2. The maximum Gasteiger partial charge on any atom is 0.146 e. The minimum Gasteiger partial charge on any atom is -0.353 e. The fraction of sp³-hybridized carbons (Fsp3) is 1.00. The Hall–Kier alpha value is 0.270. The molecule has 0 aromatic rings. The normalized spacial score (nSPS) is 24.0. The van der Waals surface area contributed by atoms with Crippen molar-refractivity contribution in [3.63, 3.8) is 0 Å². The van der Waals surface area contributed by atoms with Crippen LogP contribution in [0, 0.1) is 0 Å². The second-order valence-corrected chi connectivity index (χ2v) is 3.48. The van der Waals surface area contributed by atoms with Gasteiger partial charge in [0.2, 0.25) is 0 Å². The highest BCUT2D eigenvalue weighted by molar-refractivity contribution is 7.99. The van der Waals surface area contributed by atoms with Crippen molar-refractivity contribution in [2.24, 2.45) is 0 Å². The van der Waals surface area contributed by atoms with Gasteiger partial charge in [-0.2, -0.15) is 11.8 Å². The molecule has 2 saturated heterocycles. The highest BCUT2D eigenvalue weighted by atomic mass is 32.2. The van der Waals surface area contributed by atoms with E-state index in [1.54, 1.807) is 0 Å². The zero-order valence-electron chi connectivity index (χ0n) is 6.17. The number of hydrogen-bond donors (Lipinski definition) is 0. The molecule has 0 radical (unpaired) electrons. The van der Waals surface area contributed by atoms with Gasteiger partial charge in [-0.3, -0.25) is 0 Å². The summed E-state index contributed by atoms with van der Waals surface area (Å²) in [5.41, 5.74) is 0. The summed E-state index contributed by atoms with van der Waals surface area (Å²) in [4.78, 5) is 0. The molecule has 2 aliphatic heterocycles. The molecule has 0 bridgehead atoms. The molecule has 0 amide bonds. The maximum atomic E-state index is 4.72. The van der Waals surface area contributed by atoms with E-state index in [-0.39, 0.29) is 0 Å². The van der Waals surface area contributed by atoms with Crippen molar-refractivity contribution in [3.8, 4) is 0 Å². The first kappa shape index (κ1) is 8.37. The molecule has 10 heavy (non-hydrogen) atoms. The molecule has 0 saturated carbocycles. The van der Waals surface area contributed by atoms with E-state index in [9.17, 15) is 0 Å². The molecule has 2 heterocycles. The van der Waals surface area contributed by atoms with Crippen molar-refractivity contribution in [1.82, 2.24) is 0 Å². The lowest BCUT2D eigenvalue weighted by molar-refractivity contribution is 0.0692. The summed E-state index contributed by atoms with van der Waals surface area (Å²) in [6, 6.07) is 0. The predicted octanol–water partition coefficient (Wildman–Crippen LogP) is 1.50. The number of hydrogen-bond acceptors (Lipinski definition) is 3. The fourth-order valence-corrected chi connectivity index (χ4v) is 1.83. The number of thioether (sulfide) groups is 1. The molecule has 2 rings (SSSR count). The van der Waals surface area contributed by atoms with E-state index in [1.165, 1.54) is 24.3 Å². The molecule has 0 aromatic carbocycles. The van der Waals surface area contributed by atoms with E-state index in [1.807, 2.05) is 0 Å².